The summed E-state index contributed by atoms with van der Waals surface area (Å²) in [6.45, 7) is -0.0934. The van der Waals surface area contributed by atoms with Gasteiger partial charge in [-0.3, -0.25) is 24.6 Å². The number of ketones is 1. The lowest BCUT2D eigenvalue weighted by Crippen LogP contribution is -2.35. The van der Waals surface area contributed by atoms with Gasteiger partial charge in [-0.2, -0.15) is 0 Å². The molecule has 6 heteroatoms. The molecule has 6 nitrogen and oxygen atoms in total. The molecule has 0 radical (unpaired) electrons. The van der Waals surface area contributed by atoms with Crippen LogP contribution in [-0.2, 0) is 0 Å². The molecule has 0 fully saturated rings. The highest BCUT2D eigenvalue weighted by Gasteiger charge is 2.29. The predicted molar refractivity (Wildman–Crippen MR) is 101 cm³/mol. The summed E-state index contributed by atoms with van der Waals surface area (Å²) in [5.41, 5.74) is 3.00. The molecule has 0 spiro atoms. The SMILES string of the molecule is O=C1CN(C(=O)c2ccc([N+](=O)[O-])cc2)c2ccccc2-c2ccccc21. The number of carbonyl (C=O) groups excluding carboxylic acids is 2. The Labute approximate surface area is 154 Å². The molecule has 3 aromatic carbocycles. The van der Waals surface area contributed by atoms with Crippen molar-refractivity contribution in [1.29, 1.82) is 0 Å². The molecule has 132 valence electrons. The number of hydrogen-bond donors (Lipinski definition) is 0. The summed E-state index contributed by atoms with van der Waals surface area (Å²) in [5, 5.41) is 10.8. The van der Waals surface area contributed by atoms with Crippen LogP contribution >= 0.6 is 0 Å². The van der Waals surface area contributed by atoms with Gasteiger partial charge in [0.2, 0.25) is 0 Å². The standard InChI is InChI=1S/C21H14N2O4/c24-20-13-22(21(25)14-9-11-15(12-10-14)23(26)27)19-8-4-3-6-17(19)16-5-1-2-7-18(16)20/h1-12H,13H2. The molecule has 1 aliphatic rings. The molecule has 0 bridgehead atoms. The largest absolute Gasteiger partial charge is 0.300 e. The van der Waals surface area contributed by atoms with E-state index in [4.69, 9.17) is 0 Å². The second-order valence-corrected chi connectivity index (χ2v) is 6.18. The minimum Gasteiger partial charge on any atom is -0.300 e. The molecule has 0 N–H and O–H groups in total. The van der Waals surface area contributed by atoms with Crippen LogP contribution in [0.1, 0.15) is 20.7 Å². The van der Waals surface area contributed by atoms with Crippen molar-refractivity contribution in [1.82, 2.24) is 0 Å². The third-order valence-corrected chi connectivity index (χ3v) is 4.58. The summed E-state index contributed by atoms with van der Waals surface area (Å²) in [6.07, 6.45) is 0. The van der Waals surface area contributed by atoms with E-state index in [2.05, 4.69) is 0 Å². The second-order valence-electron chi connectivity index (χ2n) is 6.18. The Kier molecular flexibility index (Phi) is 4.01. The maximum Gasteiger partial charge on any atom is 0.269 e. The van der Waals surface area contributed by atoms with E-state index in [9.17, 15) is 19.7 Å². The molecule has 1 heterocycles. The number of para-hydroxylation sites is 1. The van der Waals surface area contributed by atoms with Gasteiger partial charge in [-0.05, 0) is 23.8 Å². The molecular weight excluding hydrogens is 344 g/mol. The van der Waals surface area contributed by atoms with Crippen LogP contribution < -0.4 is 4.90 Å². The minimum atomic E-state index is -0.518. The van der Waals surface area contributed by atoms with E-state index in [0.29, 0.717) is 11.3 Å². The number of nitrogens with zero attached hydrogens (tertiary/aromatic N) is 2. The predicted octanol–water partition coefficient (Wildman–Crippen LogP) is 4.10. The number of non-ortho nitro benzene ring substituents is 1. The molecule has 1 amide bonds. The zero-order valence-electron chi connectivity index (χ0n) is 14.2. The van der Waals surface area contributed by atoms with Crippen molar-refractivity contribution >= 4 is 23.1 Å². The highest BCUT2D eigenvalue weighted by molar-refractivity contribution is 6.17. The van der Waals surface area contributed by atoms with Gasteiger partial charge in [0.25, 0.3) is 11.6 Å². The van der Waals surface area contributed by atoms with Gasteiger partial charge in [0.1, 0.15) is 0 Å². The van der Waals surface area contributed by atoms with E-state index >= 15 is 0 Å². The molecule has 0 atom stereocenters. The Bertz CT molecular complexity index is 1070. The summed E-state index contributed by atoms with van der Waals surface area (Å²) in [7, 11) is 0. The fourth-order valence-corrected chi connectivity index (χ4v) is 3.27. The van der Waals surface area contributed by atoms with E-state index < -0.39 is 4.92 Å². The van der Waals surface area contributed by atoms with Crippen LogP contribution in [0, 0.1) is 10.1 Å². The summed E-state index contributed by atoms with van der Waals surface area (Å²) >= 11 is 0. The molecule has 0 saturated heterocycles. The number of amides is 1. The number of fused-ring (bicyclic) bond motifs is 3. The van der Waals surface area contributed by atoms with Gasteiger partial charge in [-0.15, -0.1) is 0 Å². The molecule has 0 aromatic heterocycles. The van der Waals surface area contributed by atoms with Gasteiger partial charge in [0.05, 0.1) is 17.2 Å². The van der Waals surface area contributed by atoms with Crippen LogP contribution in [0.4, 0.5) is 11.4 Å². The fraction of sp³-hybridized carbons (Fsp3) is 0.0476. The van der Waals surface area contributed by atoms with Gasteiger partial charge in [-0.25, -0.2) is 0 Å². The van der Waals surface area contributed by atoms with E-state index in [1.54, 1.807) is 18.2 Å². The van der Waals surface area contributed by atoms with Crippen molar-refractivity contribution in [3.8, 4) is 11.1 Å². The third-order valence-electron chi connectivity index (χ3n) is 4.58. The Balaban J connectivity index is 1.81. The highest BCUT2D eigenvalue weighted by Crippen LogP contribution is 2.36. The summed E-state index contributed by atoms with van der Waals surface area (Å²) in [4.78, 5) is 37.6. The normalized spacial score (nSPS) is 12.7. The lowest BCUT2D eigenvalue weighted by Gasteiger charge is -2.22. The Hall–Kier alpha value is -3.80. The van der Waals surface area contributed by atoms with Crippen molar-refractivity contribution in [2.75, 3.05) is 11.4 Å². The zero-order chi connectivity index (χ0) is 19.0. The molecule has 3 aromatic rings. The van der Waals surface area contributed by atoms with Crippen molar-refractivity contribution in [3.63, 3.8) is 0 Å². The molecule has 1 aliphatic heterocycles. The van der Waals surface area contributed by atoms with Crippen LogP contribution in [0.15, 0.2) is 72.8 Å². The Morgan fingerprint density at radius 3 is 2.11 bits per heavy atom. The molecule has 4 rings (SSSR count). The number of hydrogen-bond acceptors (Lipinski definition) is 4. The smallest absolute Gasteiger partial charge is 0.269 e. The van der Waals surface area contributed by atoms with Crippen molar-refractivity contribution in [2.45, 2.75) is 0 Å². The molecule has 0 saturated carbocycles. The van der Waals surface area contributed by atoms with Gasteiger partial charge < -0.3 is 0 Å². The lowest BCUT2D eigenvalue weighted by molar-refractivity contribution is -0.384. The summed E-state index contributed by atoms with van der Waals surface area (Å²) in [6, 6.07) is 20.0. The number of rotatable bonds is 2. The Morgan fingerprint density at radius 2 is 1.44 bits per heavy atom. The number of Topliss-reactive ketones (excluding diaryl/α,β-unsaturated/α-hetero) is 1. The van der Waals surface area contributed by atoms with Crippen molar-refractivity contribution in [3.05, 3.63) is 94.0 Å². The van der Waals surface area contributed by atoms with Crippen LogP contribution in [0.3, 0.4) is 0 Å². The quantitative estimate of drug-likeness (QED) is 0.510. The summed E-state index contributed by atoms with van der Waals surface area (Å²) < 4.78 is 0. The zero-order valence-corrected chi connectivity index (χ0v) is 14.2. The maximum absolute atomic E-state index is 13.1. The van der Waals surface area contributed by atoms with E-state index in [-0.39, 0.29) is 29.5 Å². The lowest BCUT2D eigenvalue weighted by atomic mass is 9.97. The molecule has 27 heavy (non-hydrogen) atoms. The number of nitro benzene ring substituents is 1. The Morgan fingerprint density at radius 1 is 0.852 bits per heavy atom. The fourth-order valence-electron chi connectivity index (χ4n) is 3.27. The number of benzene rings is 3. The first-order chi connectivity index (χ1) is 13.1. The average molecular weight is 358 g/mol. The van der Waals surface area contributed by atoms with E-state index in [1.165, 1.54) is 29.2 Å². The maximum atomic E-state index is 13.1. The molecular formula is C21H14N2O4. The monoisotopic (exact) mass is 358 g/mol. The molecule has 0 unspecified atom stereocenters. The first-order valence-electron chi connectivity index (χ1n) is 8.34. The first-order valence-corrected chi connectivity index (χ1v) is 8.34. The van der Waals surface area contributed by atoms with E-state index in [0.717, 1.165) is 11.1 Å². The summed E-state index contributed by atoms with van der Waals surface area (Å²) in [5.74, 6) is -0.532. The van der Waals surface area contributed by atoms with Crippen molar-refractivity contribution in [2.24, 2.45) is 0 Å². The van der Waals surface area contributed by atoms with Crippen LogP contribution in [0.5, 0.6) is 0 Å². The van der Waals surface area contributed by atoms with E-state index in [1.807, 2.05) is 30.3 Å². The van der Waals surface area contributed by atoms with Crippen LogP contribution in [0.25, 0.3) is 11.1 Å². The van der Waals surface area contributed by atoms with Gasteiger partial charge in [-0.1, -0.05) is 42.5 Å². The van der Waals surface area contributed by atoms with Gasteiger partial charge >= 0.3 is 0 Å². The van der Waals surface area contributed by atoms with Gasteiger partial charge in [0.15, 0.2) is 5.78 Å². The number of carbonyl (C=O) groups is 2. The van der Waals surface area contributed by atoms with Crippen molar-refractivity contribution < 1.29 is 14.5 Å². The van der Waals surface area contributed by atoms with Crippen LogP contribution in [-0.4, -0.2) is 23.2 Å². The number of anilines is 1. The van der Waals surface area contributed by atoms with Crippen LogP contribution in [0.2, 0.25) is 0 Å². The average Bonchev–Trinajstić information content (AvgIpc) is 2.83. The van der Waals surface area contributed by atoms with Gasteiger partial charge in [0, 0.05) is 28.8 Å². The minimum absolute atomic E-state index is 0.0914. The third kappa shape index (κ3) is 2.87. The number of nitro groups is 1. The second kappa shape index (κ2) is 6.49. The first kappa shape index (κ1) is 16.7. The topological polar surface area (TPSA) is 80.5 Å². The highest BCUT2D eigenvalue weighted by atomic mass is 16.6. The molecule has 0 aliphatic carbocycles.